The molecule has 1 saturated heterocycles. The van der Waals surface area contributed by atoms with Crippen LogP contribution in [-0.4, -0.2) is 36.9 Å². The molecule has 0 aliphatic carbocycles. The van der Waals surface area contributed by atoms with E-state index in [1.54, 1.807) is 0 Å². The number of morpholine rings is 1. The SMILES string of the molecule is CC[C@H](CC(=O)O)c1ccc(N2CCOC[C@@H]2C(C)C)cc1. The number of carboxylic acids is 1. The van der Waals surface area contributed by atoms with Crippen LogP contribution in [0.5, 0.6) is 0 Å². The topological polar surface area (TPSA) is 49.8 Å². The minimum Gasteiger partial charge on any atom is -0.481 e. The van der Waals surface area contributed by atoms with Gasteiger partial charge in [0.05, 0.1) is 25.7 Å². The molecule has 1 N–H and O–H groups in total. The van der Waals surface area contributed by atoms with Gasteiger partial charge in [0.2, 0.25) is 0 Å². The molecule has 1 fully saturated rings. The summed E-state index contributed by atoms with van der Waals surface area (Å²) >= 11 is 0. The molecule has 122 valence electrons. The zero-order chi connectivity index (χ0) is 16.1. The standard InChI is InChI=1S/C18H27NO3/c1-4-14(11-18(20)21)15-5-7-16(8-6-15)19-9-10-22-12-17(19)13(2)3/h5-8,13-14,17H,4,9-12H2,1-3H3,(H,20,21)/t14-,17-/m1/s1. The molecule has 0 amide bonds. The molecule has 1 aromatic carbocycles. The summed E-state index contributed by atoms with van der Waals surface area (Å²) in [5.41, 5.74) is 2.32. The van der Waals surface area contributed by atoms with Gasteiger partial charge in [-0.05, 0) is 36.0 Å². The molecule has 0 unspecified atom stereocenters. The van der Waals surface area contributed by atoms with E-state index in [-0.39, 0.29) is 12.3 Å². The average Bonchev–Trinajstić information content (AvgIpc) is 2.52. The third-order valence-electron chi connectivity index (χ3n) is 4.54. The molecule has 4 heteroatoms. The molecular weight excluding hydrogens is 278 g/mol. The van der Waals surface area contributed by atoms with E-state index in [4.69, 9.17) is 9.84 Å². The first-order chi connectivity index (χ1) is 10.5. The van der Waals surface area contributed by atoms with Crippen molar-refractivity contribution in [2.45, 2.75) is 45.6 Å². The second kappa shape index (κ2) is 7.63. The van der Waals surface area contributed by atoms with Gasteiger partial charge in [0.1, 0.15) is 0 Å². The maximum atomic E-state index is 11.0. The Hall–Kier alpha value is -1.55. The highest BCUT2D eigenvalue weighted by molar-refractivity contribution is 5.68. The fraction of sp³-hybridized carbons (Fsp3) is 0.611. The van der Waals surface area contributed by atoms with Crippen molar-refractivity contribution in [2.24, 2.45) is 5.92 Å². The quantitative estimate of drug-likeness (QED) is 0.873. The van der Waals surface area contributed by atoms with Crippen LogP contribution in [0.15, 0.2) is 24.3 Å². The number of carboxylic acid groups (broad SMARTS) is 1. The number of nitrogens with zero attached hydrogens (tertiary/aromatic N) is 1. The van der Waals surface area contributed by atoms with E-state index in [1.807, 2.05) is 6.92 Å². The molecule has 1 aliphatic heterocycles. The molecule has 0 bridgehead atoms. The van der Waals surface area contributed by atoms with E-state index >= 15 is 0 Å². The Morgan fingerprint density at radius 3 is 2.59 bits per heavy atom. The average molecular weight is 305 g/mol. The van der Waals surface area contributed by atoms with Crippen molar-refractivity contribution in [3.63, 3.8) is 0 Å². The summed E-state index contributed by atoms with van der Waals surface area (Å²) in [6.45, 7) is 8.94. The van der Waals surface area contributed by atoms with Gasteiger partial charge in [-0.3, -0.25) is 4.79 Å². The molecule has 0 spiro atoms. The van der Waals surface area contributed by atoms with Crippen molar-refractivity contribution < 1.29 is 14.6 Å². The molecule has 22 heavy (non-hydrogen) atoms. The van der Waals surface area contributed by atoms with Gasteiger partial charge in [-0.2, -0.15) is 0 Å². The molecule has 0 radical (unpaired) electrons. The van der Waals surface area contributed by atoms with Crippen LogP contribution < -0.4 is 4.90 Å². The highest BCUT2D eigenvalue weighted by Gasteiger charge is 2.26. The number of anilines is 1. The minimum absolute atomic E-state index is 0.0946. The summed E-state index contributed by atoms with van der Waals surface area (Å²) in [7, 11) is 0. The lowest BCUT2D eigenvalue weighted by atomic mass is 9.93. The monoisotopic (exact) mass is 305 g/mol. The zero-order valence-electron chi connectivity index (χ0n) is 13.8. The molecule has 0 saturated carbocycles. The van der Waals surface area contributed by atoms with Crippen molar-refractivity contribution in [1.82, 2.24) is 0 Å². The van der Waals surface area contributed by atoms with E-state index in [0.717, 1.165) is 31.7 Å². The molecule has 1 heterocycles. The van der Waals surface area contributed by atoms with E-state index in [0.29, 0.717) is 12.0 Å². The molecule has 1 aromatic rings. The highest BCUT2D eigenvalue weighted by atomic mass is 16.5. The van der Waals surface area contributed by atoms with Gasteiger partial charge in [-0.25, -0.2) is 0 Å². The third-order valence-corrected chi connectivity index (χ3v) is 4.54. The van der Waals surface area contributed by atoms with Crippen LogP contribution in [0.2, 0.25) is 0 Å². The fourth-order valence-electron chi connectivity index (χ4n) is 3.14. The van der Waals surface area contributed by atoms with Crippen molar-refractivity contribution in [3.8, 4) is 0 Å². The van der Waals surface area contributed by atoms with E-state index in [9.17, 15) is 4.79 Å². The van der Waals surface area contributed by atoms with Crippen molar-refractivity contribution in [1.29, 1.82) is 0 Å². The second-order valence-electron chi connectivity index (χ2n) is 6.37. The van der Waals surface area contributed by atoms with E-state index < -0.39 is 5.97 Å². The Morgan fingerprint density at radius 2 is 2.05 bits per heavy atom. The highest BCUT2D eigenvalue weighted by Crippen LogP contribution is 2.28. The summed E-state index contributed by atoms with van der Waals surface area (Å²) in [6, 6.07) is 8.82. The summed E-state index contributed by atoms with van der Waals surface area (Å²) in [5.74, 6) is -0.100. The first-order valence-corrected chi connectivity index (χ1v) is 8.19. The van der Waals surface area contributed by atoms with Crippen LogP contribution in [0.25, 0.3) is 0 Å². The lowest BCUT2D eigenvalue weighted by Gasteiger charge is -2.39. The van der Waals surface area contributed by atoms with Gasteiger partial charge in [-0.15, -0.1) is 0 Å². The maximum absolute atomic E-state index is 11.0. The van der Waals surface area contributed by atoms with Crippen LogP contribution in [0, 0.1) is 5.92 Å². The molecule has 2 rings (SSSR count). The fourth-order valence-corrected chi connectivity index (χ4v) is 3.14. The summed E-state index contributed by atoms with van der Waals surface area (Å²) in [5, 5.41) is 9.01. The van der Waals surface area contributed by atoms with Gasteiger partial charge in [0, 0.05) is 12.2 Å². The number of rotatable bonds is 6. The number of hydrogen-bond donors (Lipinski definition) is 1. The summed E-state index contributed by atoms with van der Waals surface area (Å²) < 4.78 is 5.61. The summed E-state index contributed by atoms with van der Waals surface area (Å²) in [4.78, 5) is 13.4. The van der Waals surface area contributed by atoms with Crippen LogP contribution in [0.4, 0.5) is 5.69 Å². The van der Waals surface area contributed by atoms with E-state index in [2.05, 4.69) is 43.0 Å². The zero-order valence-corrected chi connectivity index (χ0v) is 13.8. The number of carbonyl (C=O) groups is 1. The maximum Gasteiger partial charge on any atom is 0.303 e. The molecule has 2 atom stereocenters. The Balaban J connectivity index is 2.14. The lowest BCUT2D eigenvalue weighted by Crippen LogP contribution is -2.48. The molecular formula is C18H27NO3. The molecule has 0 aromatic heterocycles. The van der Waals surface area contributed by atoms with Crippen molar-refractivity contribution in [3.05, 3.63) is 29.8 Å². The Kier molecular flexibility index (Phi) is 5.83. The number of benzene rings is 1. The van der Waals surface area contributed by atoms with E-state index in [1.165, 1.54) is 5.69 Å². The largest absolute Gasteiger partial charge is 0.481 e. The van der Waals surface area contributed by atoms with Gasteiger partial charge >= 0.3 is 5.97 Å². The van der Waals surface area contributed by atoms with Crippen LogP contribution >= 0.6 is 0 Å². The minimum atomic E-state index is -0.732. The van der Waals surface area contributed by atoms with Crippen molar-refractivity contribution >= 4 is 11.7 Å². The Labute approximate surface area is 133 Å². The van der Waals surface area contributed by atoms with Gasteiger partial charge in [0.25, 0.3) is 0 Å². The first kappa shape index (κ1) is 16.8. The van der Waals surface area contributed by atoms with Gasteiger partial charge in [-0.1, -0.05) is 32.9 Å². The third kappa shape index (κ3) is 4.01. The molecule has 4 nitrogen and oxygen atoms in total. The Bertz CT molecular complexity index is 484. The van der Waals surface area contributed by atoms with Gasteiger partial charge in [0.15, 0.2) is 0 Å². The van der Waals surface area contributed by atoms with Gasteiger partial charge < -0.3 is 14.7 Å². The van der Waals surface area contributed by atoms with Crippen molar-refractivity contribution in [2.75, 3.05) is 24.7 Å². The predicted molar refractivity (Wildman–Crippen MR) is 88.5 cm³/mol. The lowest BCUT2D eigenvalue weighted by molar-refractivity contribution is -0.137. The number of ether oxygens (including phenoxy) is 1. The van der Waals surface area contributed by atoms with Crippen LogP contribution in [0.1, 0.15) is 45.1 Å². The number of hydrogen-bond acceptors (Lipinski definition) is 3. The Morgan fingerprint density at radius 1 is 1.36 bits per heavy atom. The van der Waals surface area contributed by atoms with Crippen LogP contribution in [-0.2, 0) is 9.53 Å². The second-order valence-corrected chi connectivity index (χ2v) is 6.37. The predicted octanol–water partition coefficient (Wildman–Crippen LogP) is 3.52. The normalized spacial score (nSPS) is 20.2. The smallest absolute Gasteiger partial charge is 0.303 e. The first-order valence-electron chi connectivity index (χ1n) is 8.19. The summed E-state index contributed by atoms with van der Waals surface area (Å²) in [6.07, 6.45) is 1.04. The number of aliphatic carboxylic acids is 1. The van der Waals surface area contributed by atoms with Crippen LogP contribution in [0.3, 0.4) is 0 Å². The molecule has 1 aliphatic rings.